The Morgan fingerprint density at radius 3 is 2.53 bits per heavy atom. The molecule has 0 saturated carbocycles. The summed E-state index contributed by atoms with van der Waals surface area (Å²) in [7, 11) is 1.32. The molecule has 0 aliphatic heterocycles. The van der Waals surface area contributed by atoms with Crippen molar-refractivity contribution in [2.24, 2.45) is 0 Å². The van der Waals surface area contributed by atoms with Crippen LogP contribution in [0.15, 0.2) is 12.1 Å². The Labute approximate surface area is 90.8 Å². The largest absolute Gasteiger partial charge is 0.496 e. The van der Waals surface area contributed by atoms with Gasteiger partial charge in [-0.3, -0.25) is 14.9 Å². The van der Waals surface area contributed by atoms with Gasteiger partial charge in [-0.15, -0.1) is 0 Å². The summed E-state index contributed by atoms with van der Waals surface area (Å²) < 4.78 is 4.87. The van der Waals surface area contributed by atoms with Crippen LogP contribution in [0, 0.1) is 10.1 Å². The summed E-state index contributed by atoms with van der Waals surface area (Å²) >= 11 is 5.65. The highest BCUT2D eigenvalue weighted by Gasteiger charge is 2.23. The van der Waals surface area contributed by atoms with Crippen LogP contribution in [0.2, 0.25) is 5.02 Å². The van der Waals surface area contributed by atoms with Crippen molar-refractivity contribution >= 4 is 23.1 Å². The third-order valence-corrected chi connectivity index (χ3v) is 2.03. The molecular weight excluding hydrogens is 222 g/mol. The zero-order chi connectivity index (χ0) is 11.6. The van der Waals surface area contributed by atoms with Crippen LogP contribution < -0.4 is 4.74 Å². The minimum absolute atomic E-state index is 0.0631. The molecule has 0 saturated heterocycles. The highest BCUT2D eigenvalue weighted by molar-refractivity contribution is 6.31. The first-order valence-electron chi connectivity index (χ1n) is 4.00. The van der Waals surface area contributed by atoms with E-state index in [-0.39, 0.29) is 22.0 Å². The average Bonchev–Trinajstić information content (AvgIpc) is 2.15. The van der Waals surface area contributed by atoms with Gasteiger partial charge < -0.3 is 4.74 Å². The molecule has 0 bridgehead atoms. The Morgan fingerprint density at radius 2 is 2.13 bits per heavy atom. The predicted octanol–water partition coefficient (Wildman–Crippen LogP) is 2.46. The van der Waals surface area contributed by atoms with E-state index in [0.29, 0.717) is 0 Å². The summed E-state index contributed by atoms with van der Waals surface area (Å²) in [5, 5.41) is 10.8. The Balaban J connectivity index is 3.54. The van der Waals surface area contributed by atoms with Gasteiger partial charge in [0.25, 0.3) is 5.69 Å². The molecule has 0 spiro atoms. The maximum Gasteiger partial charge on any atom is 0.285 e. The van der Waals surface area contributed by atoms with Crippen LogP contribution >= 0.6 is 11.6 Å². The van der Waals surface area contributed by atoms with Crippen LogP contribution in [-0.2, 0) is 0 Å². The third-order valence-electron chi connectivity index (χ3n) is 1.81. The summed E-state index contributed by atoms with van der Waals surface area (Å²) in [5.74, 6) is -0.322. The minimum Gasteiger partial charge on any atom is -0.496 e. The molecule has 5 nitrogen and oxygen atoms in total. The number of carbonyl (C=O) groups is 1. The van der Waals surface area contributed by atoms with Gasteiger partial charge in [0.05, 0.1) is 17.1 Å². The Bertz CT molecular complexity index is 430. The molecule has 0 heterocycles. The summed E-state index contributed by atoms with van der Waals surface area (Å²) in [6.07, 6.45) is 0. The van der Waals surface area contributed by atoms with Gasteiger partial charge >= 0.3 is 0 Å². The summed E-state index contributed by atoms with van der Waals surface area (Å²) in [4.78, 5) is 21.3. The lowest BCUT2D eigenvalue weighted by atomic mass is 10.1. The van der Waals surface area contributed by atoms with Crippen molar-refractivity contribution in [2.45, 2.75) is 6.92 Å². The maximum absolute atomic E-state index is 11.2. The molecule has 6 heteroatoms. The fourth-order valence-electron chi connectivity index (χ4n) is 1.23. The molecule has 80 valence electrons. The Hall–Kier alpha value is -1.62. The smallest absolute Gasteiger partial charge is 0.285 e. The molecule has 1 aromatic rings. The molecule has 0 unspecified atom stereocenters. The lowest BCUT2D eigenvalue weighted by Gasteiger charge is -2.06. The van der Waals surface area contributed by atoms with Crippen molar-refractivity contribution in [3.63, 3.8) is 0 Å². The third kappa shape index (κ3) is 2.24. The number of methoxy groups -OCH3 is 1. The first-order valence-corrected chi connectivity index (χ1v) is 4.38. The zero-order valence-electron chi connectivity index (χ0n) is 8.11. The number of benzene rings is 1. The van der Waals surface area contributed by atoms with E-state index >= 15 is 0 Å². The van der Waals surface area contributed by atoms with Crippen LogP contribution in [0.4, 0.5) is 5.69 Å². The van der Waals surface area contributed by atoms with Gasteiger partial charge in [-0.25, -0.2) is 0 Å². The summed E-state index contributed by atoms with van der Waals surface area (Å²) in [6, 6.07) is 2.49. The predicted molar refractivity (Wildman–Crippen MR) is 54.7 cm³/mol. The number of nitrogens with zero attached hydrogens (tertiary/aromatic N) is 1. The molecule has 0 radical (unpaired) electrons. The van der Waals surface area contributed by atoms with E-state index in [1.807, 2.05) is 0 Å². The fraction of sp³-hybridized carbons (Fsp3) is 0.222. The van der Waals surface area contributed by atoms with E-state index in [0.717, 1.165) is 6.07 Å². The van der Waals surface area contributed by atoms with Gasteiger partial charge in [0.15, 0.2) is 5.78 Å². The van der Waals surface area contributed by atoms with E-state index in [1.54, 1.807) is 0 Å². The molecule has 0 N–H and O–H groups in total. The average molecular weight is 230 g/mol. The van der Waals surface area contributed by atoms with Crippen LogP contribution in [0.5, 0.6) is 5.75 Å². The monoisotopic (exact) mass is 229 g/mol. The van der Waals surface area contributed by atoms with Crippen molar-refractivity contribution in [2.75, 3.05) is 7.11 Å². The second-order valence-electron chi connectivity index (χ2n) is 2.82. The molecule has 0 atom stereocenters. The van der Waals surface area contributed by atoms with Gasteiger partial charge in [0, 0.05) is 12.1 Å². The van der Waals surface area contributed by atoms with E-state index in [9.17, 15) is 14.9 Å². The molecule has 0 fully saturated rings. The van der Waals surface area contributed by atoms with Crippen LogP contribution in [0.3, 0.4) is 0 Å². The number of nitro benzene ring substituents is 1. The topological polar surface area (TPSA) is 69.4 Å². The SMILES string of the molecule is COc1cc(Cl)cc([N+](=O)[O-])c1C(C)=O. The number of carbonyl (C=O) groups excluding carboxylic acids is 1. The second kappa shape index (κ2) is 4.27. The van der Waals surface area contributed by atoms with Crippen molar-refractivity contribution in [1.29, 1.82) is 0 Å². The van der Waals surface area contributed by atoms with Gasteiger partial charge in [-0.1, -0.05) is 11.6 Å². The molecule has 0 aromatic heterocycles. The van der Waals surface area contributed by atoms with Crippen LogP contribution in [-0.4, -0.2) is 17.8 Å². The number of halogens is 1. The van der Waals surface area contributed by atoms with E-state index < -0.39 is 10.7 Å². The molecule has 0 aliphatic rings. The number of Topliss-reactive ketones (excluding diaryl/α,β-unsaturated/α-hetero) is 1. The first kappa shape index (κ1) is 11.5. The second-order valence-corrected chi connectivity index (χ2v) is 3.25. The highest BCUT2D eigenvalue weighted by atomic mass is 35.5. The lowest BCUT2D eigenvalue weighted by Crippen LogP contribution is -2.03. The van der Waals surface area contributed by atoms with E-state index in [2.05, 4.69) is 0 Å². The standard InChI is InChI=1S/C9H8ClNO4/c1-5(12)9-7(11(13)14)3-6(10)4-8(9)15-2/h3-4H,1-2H3. The van der Waals surface area contributed by atoms with E-state index in [4.69, 9.17) is 16.3 Å². The fourth-order valence-corrected chi connectivity index (χ4v) is 1.43. The van der Waals surface area contributed by atoms with Gasteiger partial charge in [0.2, 0.25) is 0 Å². The molecular formula is C9H8ClNO4. The number of hydrogen-bond acceptors (Lipinski definition) is 4. The van der Waals surface area contributed by atoms with Crippen molar-refractivity contribution in [3.8, 4) is 5.75 Å². The number of nitro groups is 1. The first-order chi connectivity index (χ1) is 6.97. The number of ether oxygens (including phenoxy) is 1. The Kier molecular flexibility index (Phi) is 3.26. The van der Waals surface area contributed by atoms with Crippen molar-refractivity contribution in [3.05, 3.63) is 32.8 Å². The molecule has 15 heavy (non-hydrogen) atoms. The van der Waals surface area contributed by atoms with Gasteiger partial charge in [-0.2, -0.15) is 0 Å². The van der Waals surface area contributed by atoms with Gasteiger partial charge in [-0.05, 0) is 6.92 Å². The van der Waals surface area contributed by atoms with Crippen LogP contribution in [0.1, 0.15) is 17.3 Å². The quantitative estimate of drug-likeness (QED) is 0.454. The van der Waals surface area contributed by atoms with Crippen molar-refractivity contribution in [1.82, 2.24) is 0 Å². The summed E-state index contributed by atoms with van der Waals surface area (Å²) in [5.41, 5.74) is -0.404. The molecule has 1 aromatic carbocycles. The van der Waals surface area contributed by atoms with Crippen molar-refractivity contribution < 1.29 is 14.5 Å². The van der Waals surface area contributed by atoms with Gasteiger partial charge in [0.1, 0.15) is 11.3 Å². The number of rotatable bonds is 3. The summed E-state index contributed by atoms with van der Waals surface area (Å²) in [6.45, 7) is 1.23. The maximum atomic E-state index is 11.2. The normalized spacial score (nSPS) is 9.80. The number of hydrogen-bond donors (Lipinski definition) is 0. The van der Waals surface area contributed by atoms with E-state index in [1.165, 1.54) is 20.1 Å². The molecule has 1 rings (SSSR count). The molecule has 0 amide bonds. The number of ketones is 1. The lowest BCUT2D eigenvalue weighted by molar-refractivity contribution is -0.385. The highest BCUT2D eigenvalue weighted by Crippen LogP contribution is 2.32. The molecule has 0 aliphatic carbocycles. The minimum atomic E-state index is -0.662. The zero-order valence-corrected chi connectivity index (χ0v) is 8.87. The van der Waals surface area contributed by atoms with Crippen LogP contribution in [0.25, 0.3) is 0 Å². The Morgan fingerprint density at radius 1 is 1.53 bits per heavy atom.